The van der Waals surface area contributed by atoms with Crippen LogP contribution in [0.15, 0.2) is 40.3 Å². The molecule has 2 saturated heterocycles. The Morgan fingerprint density at radius 3 is 3.05 bits per heavy atom. The Labute approximate surface area is 134 Å². The minimum absolute atomic E-state index is 0.0375. The smallest absolute Gasteiger partial charge is 0.289 e. The Hall–Kier alpha value is -1.59. The lowest BCUT2D eigenvalue weighted by atomic mass is 9.92. The molecule has 2 aliphatic heterocycles. The molecule has 22 heavy (non-hydrogen) atoms. The number of furan rings is 1. The third-order valence-electron chi connectivity index (χ3n) is 4.85. The molecule has 0 saturated carbocycles. The lowest BCUT2D eigenvalue weighted by Gasteiger charge is -2.36. The first kappa shape index (κ1) is 14.0. The molecule has 4 rings (SSSR count). The van der Waals surface area contributed by atoms with E-state index in [1.54, 1.807) is 18.4 Å². The molecule has 0 bridgehead atoms. The van der Waals surface area contributed by atoms with Gasteiger partial charge in [0.2, 0.25) is 0 Å². The van der Waals surface area contributed by atoms with E-state index in [9.17, 15) is 4.79 Å². The number of carbonyl (C=O) groups is 1. The molecule has 0 aromatic carbocycles. The number of likely N-dealkylation sites (tertiary alicyclic amines) is 2. The number of piperidine rings is 1. The fourth-order valence-electron chi connectivity index (χ4n) is 3.79. The fraction of sp³-hybridized carbons (Fsp3) is 0.471. The Balaban J connectivity index is 1.47. The highest BCUT2D eigenvalue weighted by Gasteiger charge is 2.41. The normalized spacial score (nSPS) is 25.4. The molecule has 2 aliphatic rings. The summed E-state index contributed by atoms with van der Waals surface area (Å²) >= 11 is 1.82. The van der Waals surface area contributed by atoms with Crippen LogP contribution in [0, 0.1) is 5.92 Å². The van der Waals surface area contributed by atoms with E-state index in [1.807, 2.05) is 16.2 Å². The molecule has 116 valence electrons. The van der Waals surface area contributed by atoms with Crippen molar-refractivity contribution in [1.29, 1.82) is 0 Å². The van der Waals surface area contributed by atoms with Crippen molar-refractivity contribution in [2.45, 2.75) is 25.4 Å². The largest absolute Gasteiger partial charge is 0.459 e. The molecular formula is C17H20N2O2S. The molecule has 4 heterocycles. The number of hydrogen-bond donors (Lipinski definition) is 0. The van der Waals surface area contributed by atoms with Gasteiger partial charge in [-0.1, -0.05) is 6.07 Å². The minimum atomic E-state index is 0.0375. The van der Waals surface area contributed by atoms with E-state index in [-0.39, 0.29) is 5.91 Å². The van der Waals surface area contributed by atoms with Gasteiger partial charge in [0, 0.05) is 30.6 Å². The summed E-state index contributed by atoms with van der Waals surface area (Å²) in [4.78, 5) is 18.4. The number of fused-ring (bicyclic) bond motifs is 1. The van der Waals surface area contributed by atoms with Gasteiger partial charge in [-0.15, -0.1) is 11.3 Å². The van der Waals surface area contributed by atoms with Gasteiger partial charge in [-0.3, -0.25) is 9.69 Å². The van der Waals surface area contributed by atoms with Crippen LogP contribution in [-0.4, -0.2) is 41.4 Å². The maximum Gasteiger partial charge on any atom is 0.289 e. The number of hydrogen-bond acceptors (Lipinski definition) is 4. The van der Waals surface area contributed by atoms with E-state index in [0.29, 0.717) is 17.7 Å². The quantitative estimate of drug-likeness (QED) is 0.873. The van der Waals surface area contributed by atoms with Crippen LogP contribution in [-0.2, 0) is 6.54 Å². The van der Waals surface area contributed by atoms with Gasteiger partial charge < -0.3 is 9.32 Å². The van der Waals surface area contributed by atoms with Gasteiger partial charge >= 0.3 is 0 Å². The minimum Gasteiger partial charge on any atom is -0.459 e. The van der Waals surface area contributed by atoms with Crippen LogP contribution in [0.2, 0.25) is 0 Å². The molecular weight excluding hydrogens is 296 g/mol. The highest BCUT2D eigenvalue weighted by Crippen LogP contribution is 2.32. The maximum atomic E-state index is 12.5. The van der Waals surface area contributed by atoms with E-state index in [1.165, 1.54) is 17.7 Å². The summed E-state index contributed by atoms with van der Waals surface area (Å²) in [6.07, 6.45) is 4.03. The summed E-state index contributed by atoms with van der Waals surface area (Å²) in [5.74, 6) is 1.10. The molecule has 0 N–H and O–H groups in total. The molecule has 0 aliphatic carbocycles. The van der Waals surface area contributed by atoms with E-state index < -0.39 is 0 Å². The zero-order valence-electron chi connectivity index (χ0n) is 12.5. The molecule has 5 heteroatoms. The van der Waals surface area contributed by atoms with Crippen LogP contribution in [0.5, 0.6) is 0 Å². The molecule has 0 spiro atoms. The molecule has 0 radical (unpaired) electrons. The first-order chi connectivity index (χ1) is 10.8. The Morgan fingerprint density at radius 2 is 2.27 bits per heavy atom. The summed E-state index contributed by atoms with van der Waals surface area (Å²) < 4.78 is 5.27. The second-order valence-corrected chi connectivity index (χ2v) is 7.24. The summed E-state index contributed by atoms with van der Waals surface area (Å²) in [5, 5.41) is 2.14. The van der Waals surface area contributed by atoms with Crippen LogP contribution in [0.3, 0.4) is 0 Å². The highest BCUT2D eigenvalue weighted by molar-refractivity contribution is 7.09. The van der Waals surface area contributed by atoms with Gasteiger partial charge in [0.25, 0.3) is 5.91 Å². The molecule has 1 amide bonds. The van der Waals surface area contributed by atoms with Gasteiger partial charge in [0.05, 0.1) is 6.26 Å². The van der Waals surface area contributed by atoms with Crippen molar-refractivity contribution in [3.8, 4) is 0 Å². The first-order valence-electron chi connectivity index (χ1n) is 7.90. The van der Waals surface area contributed by atoms with Crippen molar-refractivity contribution in [2.75, 3.05) is 19.6 Å². The molecule has 4 nitrogen and oxygen atoms in total. The molecule has 2 fully saturated rings. The van der Waals surface area contributed by atoms with Crippen molar-refractivity contribution in [3.05, 3.63) is 46.5 Å². The SMILES string of the molecule is O=C(c1ccco1)N1C[C@H]2CCCN(Cc3cccs3)[C@H]2C1. The van der Waals surface area contributed by atoms with E-state index in [4.69, 9.17) is 4.42 Å². The Morgan fingerprint density at radius 1 is 1.32 bits per heavy atom. The summed E-state index contributed by atoms with van der Waals surface area (Å²) in [5.41, 5.74) is 0. The number of thiophene rings is 1. The summed E-state index contributed by atoms with van der Waals surface area (Å²) in [6, 6.07) is 8.35. The van der Waals surface area contributed by atoms with Crippen molar-refractivity contribution in [2.24, 2.45) is 5.92 Å². The topological polar surface area (TPSA) is 36.7 Å². The van der Waals surface area contributed by atoms with Gasteiger partial charge in [0.1, 0.15) is 0 Å². The van der Waals surface area contributed by atoms with E-state index in [2.05, 4.69) is 22.4 Å². The van der Waals surface area contributed by atoms with Crippen LogP contribution < -0.4 is 0 Å². The second kappa shape index (κ2) is 5.89. The predicted octanol–water partition coefficient (Wildman–Crippen LogP) is 3.08. The summed E-state index contributed by atoms with van der Waals surface area (Å²) in [7, 11) is 0. The standard InChI is InChI=1S/C17H20N2O2S/c20-17(16-6-2-8-21-16)19-10-13-4-1-7-18(15(13)12-19)11-14-5-3-9-22-14/h2-3,5-6,8-9,13,15H,1,4,7,10-12H2/t13-,15+/m1/s1. The molecule has 2 aromatic heterocycles. The van der Waals surface area contributed by atoms with Crippen molar-refractivity contribution in [1.82, 2.24) is 9.80 Å². The van der Waals surface area contributed by atoms with Gasteiger partial charge in [-0.2, -0.15) is 0 Å². The monoisotopic (exact) mass is 316 g/mol. The third-order valence-corrected chi connectivity index (χ3v) is 5.72. The van der Waals surface area contributed by atoms with Crippen molar-refractivity contribution < 1.29 is 9.21 Å². The van der Waals surface area contributed by atoms with Crippen molar-refractivity contribution in [3.63, 3.8) is 0 Å². The molecule has 0 unspecified atom stereocenters. The maximum absolute atomic E-state index is 12.5. The summed E-state index contributed by atoms with van der Waals surface area (Å²) in [6.45, 7) is 3.85. The van der Waals surface area contributed by atoms with Crippen LogP contribution in [0.4, 0.5) is 0 Å². The zero-order chi connectivity index (χ0) is 14.9. The van der Waals surface area contributed by atoms with E-state index in [0.717, 1.165) is 26.2 Å². The first-order valence-corrected chi connectivity index (χ1v) is 8.78. The average Bonchev–Trinajstić information content (AvgIpc) is 3.28. The second-order valence-electron chi connectivity index (χ2n) is 6.21. The third kappa shape index (κ3) is 2.59. The van der Waals surface area contributed by atoms with Gasteiger partial charge in [-0.25, -0.2) is 0 Å². The number of amides is 1. The molecule has 2 aromatic rings. The average molecular weight is 316 g/mol. The van der Waals surface area contributed by atoms with Gasteiger partial charge in [-0.05, 0) is 48.9 Å². The number of carbonyl (C=O) groups excluding carboxylic acids is 1. The highest BCUT2D eigenvalue weighted by atomic mass is 32.1. The van der Waals surface area contributed by atoms with Crippen LogP contribution in [0.1, 0.15) is 28.3 Å². The number of nitrogens with zero attached hydrogens (tertiary/aromatic N) is 2. The van der Waals surface area contributed by atoms with Crippen LogP contribution >= 0.6 is 11.3 Å². The van der Waals surface area contributed by atoms with E-state index >= 15 is 0 Å². The molecule has 2 atom stereocenters. The lowest BCUT2D eigenvalue weighted by molar-refractivity contribution is 0.0743. The van der Waals surface area contributed by atoms with Gasteiger partial charge in [0.15, 0.2) is 5.76 Å². The van der Waals surface area contributed by atoms with Crippen LogP contribution in [0.25, 0.3) is 0 Å². The lowest BCUT2D eigenvalue weighted by Crippen LogP contribution is -2.44. The zero-order valence-corrected chi connectivity index (χ0v) is 13.3. The fourth-order valence-corrected chi connectivity index (χ4v) is 4.52. The Bertz CT molecular complexity index is 623. The Kier molecular flexibility index (Phi) is 3.76. The predicted molar refractivity (Wildman–Crippen MR) is 85.9 cm³/mol. The number of rotatable bonds is 3. The van der Waals surface area contributed by atoms with Crippen molar-refractivity contribution >= 4 is 17.2 Å².